The molecule has 0 atom stereocenters. The number of hydrogen-bond acceptors (Lipinski definition) is 4. The summed E-state index contributed by atoms with van der Waals surface area (Å²) in [7, 11) is 0. The van der Waals surface area contributed by atoms with Gasteiger partial charge in [-0.2, -0.15) is 13.8 Å². The molecule has 0 aliphatic rings. The Kier molecular flexibility index (Phi) is 4.58. The molecule has 0 fully saturated rings. The highest BCUT2D eigenvalue weighted by atomic mass is 35.5. The Balaban J connectivity index is 1.84. The molecule has 126 valence electrons. The number of amides is 1. The number of nitrogen functional groups attached to an aromatic ring is 1. The van der Waals surface area contributed by atoms with E-state index < -0.39 is 17.8 Å². The molecule has 0 saturated heterocycles. The molecular formula is C17H11ClF2N4O. The Morgan fingerprint density at radius 2 is 1.64 bits per heavy atom. The van der Waals surface area contributed by atoms with Crippen LogP contribution in [0.15, 0.2) is 48.5 Å². The zero-order valence-corrected chi connectivity index (χ0v) is 13.4. The van der Waals surface area contributed by atoms with Crippen LogP contribution < -0.4 is 11.1 Å². The lowest BCUT2D eigenvalue weighted by Crippen LogP contribution is -2.13. The summed E-state index contributed by atoms with van der Waals surface area (Å²) in [6.07, 6.45) is 0. The Morgan fingerprint density at radius 1 is 0.960 bits per heavy atom. The molecule has 0 unspecified atom stereocenters. The van der Waals surface area contributed by atoms with Gasteiger partial charge in [-0.05, 0) is 48.5 Å². The van der Waals surface area contributed by atoms with Crippen molar-refractivity contribution in [2.24, 2.45) is 0 Å². The van der Waals surface area contributed by atoms with Gasteiger partial charge in [0.25, 0.3) is 5.91 Å². The molecule has 25 heavy (non-hydrogen) atoms. The van der Waals surface area contributed by atoms with Crippen LogP contribution in [0.4, 0.5) is 20.4 Å². The van der Waals surface area contributed by atoms with Gasteiger partial charge >= 0.3 is 0 Å². The van der Waals surface area contributed by atoms with E-state index in [-0.39, 0.29) is 22.8 Å². The maximum absolute atomic E-state index is 13.8. The van der Waals surface area contributed by atoms with Gasteiger partial charge in [-0.15, -0.1) is 0 Å². The molecule has 0 radical (unpaired) electrons. The van der Waals surface area contributed by atoms with E-state index in [1.54, 1.807) is 24.3 Å². The molecule has 0 bridgehead atoms. The van der Waals surface area contributed by atoms with Crippen LogP contribution in [0.2, 0.25) is 5.02 Å². The Morgan fingerprint density at radius 3 is 2.28 bits per heavy atom. The highest BCUT2D eigenvalue weighted by Crippen LogP contribution is 2.27. The van der Waals surface area contributed by atoms with Crippen LogP contribution in [0.5, 0.6) is 0 Å². The molecule has 5 nitrogen and oxygen atoms in total. The van der Waals surface area contributed by atoms with Crippen LogP contribution in [-0.2, 0) is 0 Å². The number of hydrogen-bond donors (Lipinski definition) is 2. The predicted octanol–water partition coefficient (Wildman–Crippen LogP) is 3.91. The molecule has 3 aromatic rings. The fourth-order valence-electron chi connectivity index (χ4n) is 2.18. The second-order valence-corrected chi connectivity index (χ2v) is 5.50. The first-order valence-corrected chi connectivity index (χ1v) is 7.47. The van der Waals surface area contributed by atoms with Crippen molar-refractivity contribution >= 4 is 29.1 Å². The van der Waals surface area contributed by atoms with Gasteiger partial charge in [0.1, 0.15) is 11.6 Å². The SMILES string of the molecule is Nc1nc(NC(=O)c2ccc(Cl)cc2)ccc1-c1ccc(F)nc1F. The molecule has 0 spiro atoms. The predicted molar refractivity (Wildman–Crippen MR) is 91.2 cm³/mol. The van der Waals surface area contributed by atoms with E-state index in [1.165, 1.54) is 18.2 Å². The van der Waals surface area contributed by atoms with Crippen molar-refractivity contribution in [2.75, 3.05) is 11.1 Å². The summed E-state index contributed by atoms with van der Waals surface area (Å²) in [4.78, 5) is 19.3. The lowest BCUT2D eigenvalue weighted by atomic mass is 10.1. The van der Waals surface area contributed by atoms with Gasteiger partial charge < -0.3 is 11.1 Å². The molecule has 0 aliphatic carbocycles. The lowest BCUT2D eigenvalue weighted by molar-refractivity contribution is 0.102. The number of rotatable bonds is 3. The fraction of sp³-hybridized carbons (Fsp3) is 0. The van der Waals surface area contributed by atoms with Crippen LogP contribution in [0.3, 0.4) is 0 Å². The number of nitrogens with two attached hydrogens (primary N) is 1. The first kappa shape index (κ1) is 16.8. The van der Waals surface area contributed by atoms with Crippen molar-refractivity contribution in [3.63, 3.8) is 0 Å². The summed E-state index contributed by atoms with van der Waals surface area (Å²) in [5.41, 5.74) is 6.48. The minimum absolute atomic E-state index is 0.0157. The standard InChI is InChI=1S/C17H11ClF2N4O/c18-10-3-1-9(2-4-10)17(25)24-14-8-6-12(16(21)23-14)11-5-7-13(19)22-15(11)20/h1-8H,(H3,21,23,24,25). The van der Waals surface area contributed by atoms with Crippen molar-refractivity contribution in [1.82, 2.24) is 9.97 Å². The zero-order valence-electron chi connectivity index (χ0n) is 12.6. The van der Waals surface area contributed by atoms with Gasteiger partial charge in [0, 0.05) is 21.7 Å². The Labute approximate surface area is 146 Å². The second kappa shape index (κ2) is 6.82. The van der Waals surface area contributed by atoms with E-state index in [2.05, 4.69) is 15.3 Å². The number of halogens is 3. The second-order valence-electron chi connectivity index (χ2n) is 5.06. The summed E-state index contributed by atoms with van der Waals surface area (Å²) in [5.74, 6) is -2.16. The molecule has 3 rings (SSSR count). The normalized spacial score (nSPS) is 10.5. The summed E-state index contributed by atoms with van der Waals surface area (Å²) in [6.45, 7) is 0. The number of carbonyl (C=O) groups excluding carboxylic acids is 1. The lowest BCUT2D eigenvalue weighted by Gasteiger charge is -2.09. The summed E-state index contributed by atoms with van der Waals surface area (Å²) < 4.78 is 26.7. The average Bonchev–Trinajstić information content (AvgIpc) is 2.56. The summed E-state index contributed by atoms with van der Waals surface area (Å²) >= 11 is 5.78. The van der Waals surface area contributed by atoms with Gasteiger partial charge in [0.15, 0.2) is 0 Å². The third-order valence-electron chi connectivity index (χ3n) is 3.38. The smallest absolute Gasteiger partial charge is 0.256 e. The van der Waals surface area contributed by atoms with E-state index in [0.717, 1.165) is 6.07 Å². The fourth-order valence-corrected chi connectivity index (χ4v) is 2.30. The first-order valence-electron chi connectivity index (χ1n) is 7.10. The van der Waals surface area contributed by atoms with Crippen molar-refractivity contribution < 1.29 is 13.6 Å². The van der Waals surface area contributed by atoms with Crippen molar-refractivity contribution in [2.45, 2.75) is 0 Å². The van der Waals surface area contributed by atoms with E-state index >= 15 is 0 Å². The quantitative estimate of drug-likeness (QED) is 0.694. The number of carbonyl (C=O) groups is 1. The number of aromatic nitrogens is 2. The molecule has 3 N–H and O–H groups in total. The van der Waals surface area contributed by atoms with Gasteiger partial charge in [0.05, 0.1) is 0 Å². The van der Waals surface area contributed by atoms with Crippen LogP contribution in [0.25, 0.3) is 11.1 Å². The van der Waals surface area contributed by atoms with Crippen LogP contribution in [0, 0.1) is 11.9 Å². The van der Waals surface area contributed by atoms with Crippen molar-refractivity contribution in [1.29, 1.82) is 0 Å². The van der Waals surface area contributed by atoms with Gasteiger partial charge in [-0.25, -0.2) is 4.98 Å². The maximum atomic E-state index is 13.8. The molecule has 1 amide bonds. The number of pyridine rings is 2. The highest BCUT2D eigenvalue weighted by Gasteiger charge is 2.13. The number of nitrogens with one attached hydrogen (secondary N) is 1. The molecule has 8 heteroatoms. The molecular weight excluding hydrogens is 350 g/mol. The third kappa shape index (κ3) is 3.72. The number of anilines is 2. The van der Waals surface area contributed by atoms with Gasteiger partial charge in [-0.3, -0.25) is 4.79 Å². The molecule has 2 aromatic heterocycles. The maximum Gasteiger partial charge on any atom is 0.256 e. The first-order chi connectivity index (χ1) is 11.9. The number of nitrogens with zero attached hydrogens (tertiary/aromatic N) is 2. The van der Waals surface area contributed by atoms with Crippen molar-refractivity contribution in [3.8, 4) is 11.1 Å². The van der Waals surface area contributed by atoms with Gasteiger partial charge in [0.2, 0.25) is 11.9 Å². The van der Waals surface area contributed by atoms with Crippen LogP contribution in [0.1, 0.15) is 10.4 Å². The topological polar surface area (TPSA) is 80.9 Å². The Hall–Kier alpha value is -3.06. The average molecular weight is 361 g/mol. The van der Waals surface area contributed by atoms with Crippen molar-refractivity contribution in [3.05, 3.63) is 71.0 Å². The largest absolute Gasteiger partial charge is 0.383 e. The van der Waals surface area contributed by atoms with Crippen LogP contribution >= 0.6 is 11.6 Å². The highest BCUT2D eigenvalue weighted by molar-refractivity contribution is 6.30. The van der Waals surface area contributed by atoms with E-state index in [9.17, 15) is 13.6 Å². The monoisotopic (exact) mass is 360 g/mol. The van der Waals surface area contributed by atoms with E-state index in [4.69, 9.17) is 17.3 Å². The minimum atomic E-state index is -0.994. The summed E-state index contributed by atoms with van der Waals surface area (Å²) in [6, 6.07) is 11.5. The summed E-state index contributed by atoms with van der Waals surface area (Å²) in [5, 5.41) is 3.09. The molecule has 0 saturated carbocycles. The minimum Gasteiger partial charge on any atom is -0.383 e. The number of benzene rings is 1. The zero-order chi connectivity index (χ0) is 18.0. The third-order valence-corrected chi connectivity index (χ3v) is 3.63. The van der Waals surface area contributed by atoms with Gasteiger partial charge in [-0.1, -0.05) is 11.6 Å². The van der Waals surface area contributed by atoms with E-state index in [0.29, 0.717) is 10.6 Å². The van der Waals surface area contributed by atoms with E-state index in [1.807, 2.05) is 0 Å². The molecule has 2 heterocycles. The molecule has 0 aliphatic heterocycles. The molecule has 1 aromatic carbocycles. The Bertz CT molecular complexity index is 948. The van der Waals surface area contributed by atoms with Crippen LogP contribution in [-0.4, -0.2) is 15.9 Å².